The molecule has 8 heteroatoms. The van der Waals surface area contributed by atoms with Crippen LogP contribution in [-0.2, 0) is 14.8 Å². The van der Waals surface area contributed by atoms with Gasteiger partial charge in [0.25, 0.3) is 0 Å². The number of carbonyl (C=O) groups excluding carboxylic acids is 1. The number of fused-ring (bicyclic) bond motifs is 1. The molecule has 0 radical (unpaired) electrons. The van der Waals surface area contributed by atoms with Gasteiger partial charge < -0.3 is 5.32 Å². The van der Waals surface area contributed by atoms with E-state index in [2.05, 4.69) is 40.4 Å². The predicted octanol–water partition coefficient (Wildman–Crippen LogP) is 3.71. The fourth-order valence-corrected chi connectivity index (χ4v) is 6.95. The average molecular weight is 497 g/mol. The van der Waals surface area contributed by atoms with E-state index in [9.17, 15) is 13.2 Å². The van der Waals surface area contributed by atoms with Gasteiger partial charge in [-0.05, 0) is 67.2 Å². The maximum atomic E-state index is 13.6. The van der Waals surface area contributed by atoms with Gasteiger partial charge >= 0.3 is 0 Å². The first-order chi connectivity index (χ1) is 16.9. The van der Waals surface area contributed by atoms with Gasteiger partial charge in [0.15, 0.2) is 0 Å². The summed E-state index contributed by atoms with van der Waals surface area (Å²) in [7, 11) is -3.77. The smallest absolute Gasteiger partial charge is 0.238 e. The molecular weight excluding hydrogens is 460 g/mol. The second-order valence-corrected chi connectivity index (χ2v) is 12.0. The quantitative estimate of drug-likeness (QED) is 0.487. The highest BCUT2D eigenvalue weighted by Crippen LogP contribution is 2.41. The van der Waals surface area contributed by atoms with Gasteiger partial charge in [-0.25, -0.2) is 19.0 Å². The van der Waals surface area contributed by atoms with Crippen molar-refractivity contribution >= 4 is 15.9 Å². The Kier molecular flexibility index (Phi) is 7.25. The zero-order valence-electron chi connectivity index (χ0n) is 20.0. The van der Waals surface area contributed by atoms with Crippen LogP contribution in [0.1, 0.15) is 74.6 Å². The third-order valence-corrected chi connectivity index (χ3v) is 9.16. The topological polar surface area (TPSA) is 113 Å². The van der Waals surface area contributed by atoms with Crippen molar-refractivity contribution in [1.29, 1.82) is 0 Å². The van der Waals surface area contributed by atoms with E-state index in [1.807, 2.05) is 12.1 Å². The number of benzene rings is 2. The minimum atomic E-state index is -3.77. The molecule has 5 unspecified atom stereocenters. The average Bonchev–Trinajstić information content (AvgIpc) is 3.31. The fourth-order valence-electron chi connectivity index (χ4n) is 6.38. The molecule has 3 aliphatic rings. The Bertz CT molecular complexity index is 1130. The van der Waals surface area contributed by atoms with Crippen molar-refractivity contribution < 1.29 is 13.2 Å². The highest BCUT2D eigenvalue weighted by atomic mass is 32.2. The minimum absolute atomic E-state index is 0.0586. The third kappa shape index (κ3) is 5.45. The van der Waals surface area contributed by atoms with Crippen molar-refractivity contribution in [2.75, 3.05) is 0 Å². The predicted molar refractivity (Wildman–Crippen MR) is 135 cm³/mol. The van der Waals surface area contributed by atoms with Gasteiger partial charge in [-0.2, -0.15) is 0 Å². The molecule has 188 valence electrons. The summed E-state index contributed by atoms with van der Waals surface area (Å²) in [4.78, 5) is 13.7. The Morgan fingerprint density at radius 2 is 1.71 bits per heavy atom. The Hall–Kier alpha value is -2.26. The number of hydrazine groups is 1. The van der Waals surface area contributed by atoms with Crippen LogP contribution in [0, 0.1) is 17.8 Å². The van der Waals surface area contributed by atoms with Crippen LogP contribution in [0.15, 0.2) is 59.5 Å². The summed E-state index contributed by atoms with van der Waals surface area (Å²) in [5, 5.41) is 8.82. The van der Waals surface area contributed by atoms with E-state index in [1.165, 1.54) is 30.9 Å². The first-order valence-electron chi connectivity index (χ1n) is 12.9. The molecule has 0 bridgehead atoms. The van der Waals surface area contributed by atoms with Crippen molar-refractivity contribution in [2.45, 2.75) is 74.4 Å². The molecule has 0 spiro atoms. The van der Waals surface area contributed by atoms with Gasteiger partial charge in [-0.3, -0.25) is 10.2 Å². The number of hydrogen-bond acceptors (Lipinski definition) is 5. The number of nitrogens with two attached hydrogens (primary N) is 1. The summed E-state index contributed by atoms with van der Waals surface area (Å²) < 4.78 is 23.7. The van der Waals surface area contributed by atoms with Gasteiger partial charge in [-0.1, -0.05) is 61.7 Å². The van der Waals surface area contributed by atoms with Crippen molar-refractivity contribution in [3.8, 4) is 0 Å². The number of carbonyl (C=O) groups is 1. The van der Waals surface area contributed by atoms with Crippen molar-refractivity contribution in [3.63, 3.8) is 0 Å². The Morgan fingerprint density at radius 3 is 2.46 bits per heavy atom. The first kappa shape index (κ1) is 24.4. The number of rotatable bonds is 6. The monoisotopic (exact) mass is 496 g/mol. The molecule has 7 nitrogen and oxygen atoms in total. The zero-order valence-corrected chi connectivity index (χ0v) is 20.8. The van der Waals surface area contributed by atoms with Crippen LogP contribution in [0.4, 0.5) is 0 Å². The molecule has 2 aromatic carbocycles. The molecule has 2 aliphatic carbocycles. The summed E-state index contributed by atoms with van der Waals surface area (Å²) in [6.07, 6.45) is 8.56. The lowest BCUT2D eigenvalue weighted by Crippen LogP contribution is -2.43. The lowest BCUT2D eigenvalue weighted by atomic mass is 9.74. The van der Waals surface area contributed by atoms with Gasteiger partial charge in [0.1, 0.15) is 0 Å². The van der Waals surface area contributed by atoms with Gasteiger partial charge in [0.05, 0.1) is 17.0 Å². The van der Waals surface area contributed by atoms with Crippen molar-refractivity contribution in [1.82, 2.24) is 16.2 Å². The third-order valence-electron chi connectivity index (χ3n) is 8.25. The van der Waals surface area contributed by atoms with Crippen LogP contribution in [0.2, 0.25) is 0 Å². The Balaban J connectivity index is 1.31. The maximum Gasteiger partial charge on any atom is 0.238 e. The van der Waals surface area contributed by atoms with Crippen molar-refractivity contribution in [3.05, 3.63) is 65.7 Å². The van der Waals surface area contributed by atoms with E-state index < -0.39 is 10.0 Å². The molecule has 1 amide bonds. The van der Waals surface area contributed by atoms with Gasteiger partial charge in [0.2, 0.25) is 15.9 Å². The molecule has 2 aromatic rings. The number of sulfonamides is 1. The van der Waals surface area contributed by atoms with Gasteiger partial charge in [-0.15, -0.1) is 0 Å². The summed E-state index contributed by atoms with van der Waals surface area (Å²) in [6.45, 7) is 0. The fraction of sp³-hybridized carbons (Fsp3) is 0.519. The lowest BCUT2D eigenvalue weighted by molar-refractivity contribution is -0.127. The number of nitrogens with one attached hydrogen (secondary N) is 3. The lowest BCUT2D eigenvalue weighted by Gasteiger charge is -2.36. The Labute approximate surface area is 208 Å². The van der Waals surface area contributed by atoms with E-state index in [-0.39, 0.29) is 40.8 Å². The highest BCUT2D eigenvalue weighted by molar-refractivity contribution is 7.89. The summed E-state index contributed by atoms with van der Waals surface area (Å²) in [6, 6.07) is 17.5. The number of primary sulfonamides is 1. The maximum absolute atomic E-state index is 13.6. The van der Waals surface area contributed by atoms with Crippen LogP contribution in [0.5, 0.6) is 0 Å². The van der Waals surface area contributed by atoms with Crippen LogP contribution in [0.25, 0.3) is 0 Å². The summed E-state index contributed by atoms with van der Waals surface area (Å²) in [5.41, 5.74) is 8.81. The molecule has 2 saturated carbocycles. The second kappa shape index (κ2) is 10.4. The van der Waals surface area contributed by atoms with Crippen LogP contribution in [0.3, 0.4) is 0 Å². The first-order valence-corrected chi connectivity index (χ1v) is 14.4. The normalized spacial score (nSPS) is 28.3. The molecule has 5 rings (SSSR count). The number of hydrogen-bond donors (Lipinski definition) is 4. The molecule has 1 heterocycles. The molecule has 1 aliphatic heterocycles. The summed E-state index contributed by atoms with van der Waals surface area (Å²) in [5.74, 6) is 0.763. The van der Waals surface area contributed by atoms with Crippen molar-refractivity contribution in [2.24, 2.45) is 22.9 Å². The molecule has 1 saturated heterocycles. The van der Waals surface area contributed by atoms with Crippen LogP contribution in [-0.4, -0.2) is 20.4 Å². The van der Waals surface area contributed by atoms with Crippen LogP contribution >= 0.6 is 0 Å². The molecular formula is C27H36N4O3S. The highest BCUT2D eigenvalue weighted by Gasteiger charge is 2.43. The molecule has 5 N–H and O–H groups in total. The largest absolute Gasteiger partial charge is 0.349 e. The summed E-state index contributed by atoms with van der Waals surface area (Å²) >= 11 is 0. The minimum Gasteiger partial charge on any atom is -0.349 e. The van der Waals surface area contributed by atoms with E-state index >= 15 is 0 Å². The van der Waals surface area contributed by atoms with Gasteiger partial charge in [0, 0.05) is 12.0 Å². The van der Waals surface area contributed by atoms with Crippen LogP contribution < -0.4 is 21.3 Å². The van der Waals surface area contributed by atoms with E-state index in [4.69, 9.17) is 5.14 Å². The second-order valence-electron chi connectivity index (χ2n) is 10.5. The standard InChI is InChI=1S/C27H36N4O3S/c28-35(33,34)22-13-7-12-20(16-22)26-23-17-21(14-15-24(23)30-31-26)27(32)29-25(18-8-3-1-4-9-18)19-10-5-2-6-11-19/h1,3-4,7-9,12-13,16,19,21,23-26,30-31H,2,5-6,10-11,14-15,17H2,(H,29,32)(H2,28,33,34). The van der Waals surface area contributed by atoms with E-state index in [1.54, 1.807) is 12.1 Å². The molecule has 0 aromatic heterocycles. The SMILES string of the molecule is NS(=O)(=O)c1cccc(C2NNC3CCC(C(=O)NC(c4ccccc4)C4CCCCC4)CC32)c1. The van der Waals surface area contributed by atoms with E-state index in [0.717, 1.165) is 37.7 Å². The Morgan fingerprint density at radius 1 is 0.943 bits per heavy atom. The number of amides is 1. The zero-order chi connectivity index (χ0) is 24.4. The van der Waals surface area contributed by atoms with E-state index in [0.29, 0.717) is 5.92 Å². The molecule has 3 fully saturated rings. The molecule has 5 atom stereocenters. The molecule has 35 heavy (non-hydrogen) atoms.